The van der Waals surface area contributed by atoms with Crippen molar-refractivity contribution in [3.63, 3.8) is 0 Å². The number of hydrogen-bond acceptors (Lipinski definition) is 3. The van der Waals surface area contributed by atoms with E-state index in [4.69, 9.17) is 4.74 Å². The maximum absolute atomic E-state index is 11.6. The Bertz CT molecular complexity index is 333. The molecule has 0 spiro atoms. The highest BCUT2D eigenvalue weighted by Gasteiger charge is 2.31. The SMILES string of the molecule is COC(=O)C(CC1CC1)c1ccccn1. The lowest BCUT2D eigenvalue weighted by Crippen LogP contribution is -2.16. The molecule has 0 radical (unpaired) electrons. The smallest absolute Gasteiger partial charge is 0.314 e. The van der Waals surface area contributed by atoms with Crippen LogP contribution in [0.5, 0.6) is 0 Å². The summed E-state index contributed by atoms with van der Waals surface area (Å²) in [5.74, 6) is 0.348. The number of carbonyl (C=O) groups is 1. The van der Waals surface area contributed by atoms with Gasteiger partial charge in [-0.1, -0.05) is 18.9 Å². The molecule has 0 N–H and O–H groups in total. The molecule has 1 heterocycles. The van der Waals surface area contributed by atoms with Crippen LogP contribution in [-0.2, 0) is 9.53 Å². The second kappa shape index (κ2) is 4.43. The van der Waals surface area contributed by atoms with Crippen molar-refractivity contribution in [2.45, 2.75) is 25.2 Å². The zero-order valence-electron chi connectivity index (χ0n) is 8.85. The highest BCUT2D eigenvalue weighted by atomic mass is 16.5. The van der Waals surface area contributed by atoms with Gasteiger partial charge in [0.05, 0.1) is 18.7 Å². The minimum Gasteiger partial charge on any atom is -0.469 e. The molecule has 0 amide bonds. The van der Waals surface area contributed by atoms with Crippen LogP contribution in [0.25, 0.3) is 0 Å². The third-order valence-electron chi connectivity index (χ3n) is 2.80. The second-order valence-corrected chi connectivity index (χ2v) is 4.01. The van der Waals surface area contributed by atoms with Gasteiger partial charge in [0, 0.05) is 6.20 Å². The molecule has 0 aromatic carbocycles. The minimum atomic E-state index is -0.177. The van der Waals surface area contributed by atoms with Gasteiger partial charge in [-0.3, -0.25) is 9.78 Å². The molecule has 1 atom stereocenters. The zero-order valence-corrected chi connectivity index (χ0v) is 8.85. The van der Waals surface area contributed by atoms with Crippen molar-refractivity contribution in [3.05, 3.63) is 30.1 Å². The minimum absolute atomic E-state index is 0.166. The van der Waals surface area contributed by atoms with E-state index in [1.807, 2.05) is 18.2 Å². The summed E-state index contributed by atoms with van der Waals surface area (Å²) in [4.78, 5) is 15.8. The summed E-state index contributed by atoms with van der Waals surface area (Å²) in [6.07, 6.45) is 5.07. The zero-order chi connectivity index (χ0) is 10.7. The van der Waals surface area contributed by atoms with Gasteiger partial charge < -0.3 is 4.74 Å². The van der Waals surface area contributed by atoms with E-state index in [-0.39, 0.29) is 11.9 Å². The maximum atomic E-state index is 11.6. The molecule has 1 aliphatic rings. The fourth-order valence-electron chi connectivity index (χ4n) is 1.75. The quantitative estimate of drug-likeness (QED) is 0.707. The molecule has 1 fully saturated rings. The molecular formula is C12H15NO2. The van der Waals surface area contributed by atoms with Gasteiger partial charge in [-0.25, -0.2) is 0 Å². The van der Waals surface area contributed by atoms with E-state index in [1.165, 1.54) is 20.0 Å². The van der Waals surface area contributed by atoms with Crippen LogP contribution < -0.4 is 0 Å². The van der Waals surface area contributed by atoms with Gasteiger partial charge in [0.15, 0.2) is 0 Å². The normalized spacial score (nSPS) is 17.1. The first-order chi connectivity index (χ1) is 7.31. The van der Waals surface area contributed by atoms with Gasteiger partial charge in [-0.05, 0) is 24.5 Å². The fraction of sp³-hybridized carbons (Fsp3) is 0.500. The molecule has 15 heavy (non-hydrogen) atoms. The lowest BCUT2D eigenvalue weighted by molar-refractivity contribution is -0.142. The summed E-state index contributed by atoms with van der Waals surface area (Å²) in [5, 5.41) is 0. The van der Waals surface area contributed by atoms with Crippen molar-refractivity contribution in [1.82, 2.24) is 4.98 Å². The van der Waals surface area contributed by atoms with E-state index in [1.54, 1.807) is 6.20 Å². The third kappa shape index (κ3) is 2.55. The highest BCUT2D eigenvalue weighted by molar-refractivity contribution is 5.77. The average Bonchev–Trinajstić information content (AvgIpc) is 3.10. The number of pyridine rings is 1. The van der Waals surface area contributed by atoms with Crippen LogP contribution in [0.2, 0.25) is 0 Å². The number of carbonyl (C=O) groups excluding carboxylic acids is 1. The number of nitrogens with zero attached hydrogens (tertiary/aromatic N) is 1. The number of ether oxygens (including phenoxy) is 1. The van der Waals surface area contributed by atoms with E-state index in [0.29, 0.717) is 5.92 Å². The molecule has 2 rings (SSSR count). The number of aromatic nitrogens is 1. The van der Waals surface area contributed by atoms with Crippen molar-refractivity contribution in [1.29, 1.82) is 0 Å². The van der Waals surface area contributed by atoms with Gasteiger partial charge >= 0.3 is 5.97 Å². The van der Waals surface area contributed by atoms with Crippen molar-refractivity contribution >= 4 is 5.97 Å². The third-order valence-corrected chi connectivity index (χ3v) is 2.80. The van der Waals surface area contributed by atoms with E-state index in [2.05, 4.69) is 4.98 Å². The van der Waals surface area contributed by atoms with E-state index >= 15 is 0 Å². The Kier molecular flexibility index (Phi) is 2.99. The van der Waals surface area contributed by atoms with Crippen LogP contribution in [0.1, 0.15) is 30.9 Å². The van der Waals surface area contributed by atoms with Crippen molar-refractivity contribution in [2.24, 2.45) is 5.92 Å². The van der Waals surface area contributed by atoms with E-state index in [0.717, 1.165) is 12.1 Å². The lowest BCUT2D eigenvalue weighted by Gasteiger charge is -2.13. The molecule has 1 aliphatic carbocycles. The first-order valence-corrected chi connectivity index (χ1v) is 5.30. The number of methoxy groups -OCH3 is 1. The van der Waals surface area contributed by atoms with Crippen molar-refractivity contribution < 1.29 is 9.53 Å². The largest absolute Gasteiger partial charge is 0.469 e. The molecule has 0 bridgehead atoms. The molecular weight excluding hydrogens is 190 g/mol. The summed E-state index contributed by atoms with van der Waals surface area (Å²) >= 11 is 0. The molecule has 3 heteroatoms. The Morgan fingerprint density at radius 2 is 2.40 bits per heavy atom. The first-order valence-electron chi connectivity index (χ1n) is 5.30. The van der Waals surface area contributed by atoms with Gasteiger partial charge in [-0.2, -0.15) is 0 Å². The van der Waals surface area contributed by atoms with Crippen molar-refractivity contribution in [3.8, 4) is 0 Å². The van der Waals surface area contributed by atoms with Crippen LogP contribution >= 0.6 is 0 Å². The molecule has 1 saturated carbocycles. The van der Waals surface area contributed by atoms with Gasteiger partial charge in [0.25, 0.3) is 0 Å². The standard InChI is InChI=1S/C12H15NO2/c1-15-12(14)10(8-9-5-6-9)11-4-2-3-7-13-11/h2-4,7,9-10H,5-6,8H2,1H3. The number of rotatable bonds is 4. The van der Waals surface area contributed by atoms with Crippen LogP contribution in [0.3, 0.4) is 0 Å². The van der Waals surface area contributed by atoms with Crippen molar-refractivity contribution in [2.75, 3.05) is 7.11 Å². The number of hydrogen-bond donors (Lipinski definition) is 0. The van der Waals surface area contributed by atoms with Crippen LogP contribution in [0, 0.1) is 5.92 Å². The molecule has 1 aromatic rings. The molecule has 1 unspecified atom stereocenters. The first kappa shape index (κ1) is 10.1. The van der Waals surface area contributed by atoms with Gasteiger partial charge in [0.2, 0.25) is 0 Å². The predicted molar refractivity (Wildman–Crippen MR) is 56.3 cm³/mol. The number of esters is 1. The van der Waals surface area contributed by atoms with Gasteiger partial charge in [0.1, 0.15) is 0 Å². The van der Waals surface area contributed by atoms with Crippen LogP contribution in [0.4, 0.5) is 0 Å². The maximum Gasteiger partial charge on any atom is 0.314 e. The summed E-state index contributed by atoms with van der Waals surface area (Å²) in [6, 6.07) is 5.66. The van der Waals surface area contributed by atoms with Crippen LogP contribution in [-0.4, -0.2) is 18.1 Å². The molecule has 3 nitrogen and oxygen atoms in total. The lowest BCUT2D eigenvalue weighted by atomic mass is 9.98. The molecule has 0 aliphatic heterocycles. The summed E-state index contributed by atoms with van der Waals surface area (Å²) in [7, 11) is 1.44. The Morgan fingerprint density at radius 1 is 1.60 bits per heavy atom. The van der Waals surface area contributed by atoms with Crippen LogP contribution in [0.15, 0.2) is 24.4 Å². The Morgan fingerprint density at radius 3 is 2.93 bits per heavy atom. The molecule has 0 saturated heterocycles. The molecule has 80 valence electrons. The monoisotopic (exact) mass is 205 g/mol. The Balaban J connectivity index is 2.13. The topological polar surface area (TPSA) is 39.2 Å². The Labute approximate surface area is 89.5 Å². The predicted octanol–water partition coefficient (Wildman–Crippen LogP) is 2.14. The highest BCUT2D eigenvalue weighted by Crippen LogP contribution is 2.38. The van der Waals surface area contributed by atoms with Gasteiger partial charge in [-0.15, -0.1) is 0 Å². The van der Waals surface area contributed by atoms with E-state index < -0.39 is 0 Å². The summed E-state index contributed by atoms with van der Waals surface area (Å²) in [6.45, 7) is 0. The summed E-state index contributed by atoms with van der Waals surface area (Å²) < 4.78 is 4.82. The average molecular weight is 205 g/mol. The second-order valence-electron chi connectivity index (χ2n) is 4.01. The Hall–Kier alpha value is -1.38. The molecule has 1 aromatic heterocycles. The summed E-state index contributed by atoms with van der Waals surface area (Å²) in [5.41, 5.74) is 0.830. The fourth-order valence-corrected chi connectivity index (χ4v) is 1.75. The van der Waals surface area contributed by atoms with E-state index in [9.17, 15) is 4.79 Å².